The standard InChI is InChI=1S/C20H39N5O6/c1-11(2)9-14(24-19(29)16(22)12(3)4)17(27)25-15(10-26)18(28)23-13(20(30)31)7-5-6-8-21/h11-16,26H,5-10,21-22H2,1-4H3,(H,23,28)(H,24,29)(H,25,27)(H,30,31). The molecule has 0 aromatic heterocycles. The highest BCUT2D eigenvalue weighted by atomic mass is 16.4. The summed E-state index contributed by atoms with van der Waals surface area (Å²) in [5.74, 6) is -3.29. The molecular formula is C20H39N5O6. The Bertz CT molecular complexity index is 599. The molecule has 0 aliphatic heterocycles. The molecule has 0 rings (SSSR count). The van der Waals surface area contributed by atoms with E-state index in [-0.39, 0.29) is 18.3 Å². The van der Waals surface area contributed by atoms with Crippen molar-refractivity contribution in [2.45, 2.75) is 77.5 Å². The molecule has 11 heteroatoms. The summed E-state index contributed by atoms with van der Waals surface area (Å²) in [5.41, 5.74) is 11.2. The van der Waals surface area contributed by atoms with E-state index in [0.29, 0.717) is 25.8 Å². The summed E-state index contributed by atoms with van der Waals surface area (Å²) in [4.78, 5) is 48.8. The van der Waals surface area contributed by atoms with Crippen LogP contribution in [0, 0.1) is 11.8 Å². The van der Waals surface area contributed by atoms with E-state index in [0.717, 1.165) is 0 Å². The van der Waals surface area contributed by atoms with Crippen molar-refractivity contribution in [2.75, 3.05) is 13.2 Å². The van der Waals surface area contributed by atoms with Crippen LogP contribution in [0.3, 0.4) is 0 Å². The summed E-state index contributed by atoms with van der Waals surface area (Å²) < 4.78 is 0. The van der Waals surface area contributed by atoms with E-state index in [9.17, 15) is 29.4 Å². The van der Waals surface area contributed by atoms with Crippen LogP contribution in [-0.2, 0) is 19.2 Å². The van der Waals surface area contributed by atoms with Crippen molar-refractivity contribution in [3.05, 3.63) is 0 Å². The Morgan fingerprint density at radius 2 is 1.35 bits per heavy atom. The SMILES string of the molecule is CC(C)CC(NC(=O)C(N)C(C)C)C(=O)NC(CO)C(=O)NC(CCCCN)C(=O)O. The zero-order valence-corrected chi connectivity index (χ0v) is 18.9. The normalized spacial score (nSPS) is 15.1. The van der Waals surface area contributed by atoms with E-state index in [2.05, 4.69) is 16.0 Å². The Morgan fingerprint density at radius 1 is 0.839 bits per heavy atom. The molecule has 0 heterocycles. The van der Waals surface area contributed by atoms with Crippen LogP contribution in [-0.4, -0.2) is 71.2 Å². The molecule has 0 spiro atoms. The fourth-order valence-electron chi connectivity index (χ4n) is 2.76. The molecule has 4 unspecified atom stereocenters. The number of rotatable bonds is 15. The molecule has 0 aliphatic rings. The van der Waals surface area contributed by atoms with Gasteiger partial charge in [0.05, 0.1) is 12.6 Å². The van der Waals surface area contributed by atoms with E-state index in [1.165, 1.54) is 0 Å². The van der Waals surface area contributed by atoms with Crippen LogP contribution in [0.5, 0.6) is 0 Å². The van der Waals surface area contributed by atoms with E-state index >= 15 is 0 Å². The Kier molecular flexibility index (Phi) is 13.6. The molecule has 0 radical (unpaired) electrons. The Morgan fingerprint density at radius 3 is 1.81 bits per heavy atom. The van der Waals surface area contributed by atoms with Gasteiger partial charge in [-0.25, -0.2) is 4.79 Å². The summed E-state index contributed by atoms with van der Waals surface area (Å²) in [6.07, 6.45) is 1.57. The molecule has 0 fully saturated rings. The van der Waals surface area contributed by atoms with Gasteiger partial charge in [-0.15, -0.1) is 0 Å². The summed E-state index contributed by atoms with van der Waals surface area (Å²) in [6, 6.07) is -4.29. The fourth-order valence-corrected chi connectivity index (χ4v) is 2.76. The number of carboxylic acids is 1. The van der Waals surface area contributed by atoms with Gasteiger partial charge >= 0.3 is 5.97 Å². The largest absolute Gasteiger partial charge is 0.480 e. The number of hydrogen-bond acceptors (Lipinski definition) is 7. The number of nitrogens with one attached hydrogen (secondary N) is 3. The first-order valence-corrected chi connectivity index (χ1v) is 10.6. The second-order valence-corrected chi connectivity index (χ2v) is 8.39. The van der Waals surface area contributed by atoms with Gasteiger partial charge in [0.25, 0.3) is 0 Å². The third-order valence-corrected chi connectivity index (χ3v) is 4.74. The number of aliphatic carboxylic acids is 1. The number of carbonyl (C=O) groups excluding carboxylic acids is 3. The molecule has 4 atom stereocenters. The molecule has 0 bridgehead atoms. The van der Waals surface area contributed by atoms with E-state index < -0.39 is 54.5 Å². The molecule has 0 aromatic rings. The van der Waals surface area contributed by atoms with Crippen molar-refractivity contribution in [3.63, 3.8) is 0 Å². The van der Waals surface area contributed by atoms with Gasteiger partial charge in [-0.2, -0.15) is 0 Å². The van der Waals surface area contributed by atoms with Gasteiger partial charge in [-0.3, -0.25) is 14.4 Å². The van der Waals surface area contributed by atoms with Crippen LogP contribution >= 0.6 is 0 Å². The third-order valence-electron chi connectivity index (χ3n) is 4.74. The number of carbonyl (C=O) groups is 4. The first kappa shape index (κ1) is 28.8. The van der Waals surface area contributed by atoms with Crippen LogP contribution in [0.2, 0.25) is 0 Å². The molecule has 31 heavy (non-hydrogen) atoms. The summed E-state index contributed by atoms with van der Waals surface area (Å²) in [5, 5.41) is 26.2. The minimum atomic E-state index is -1.37. The number of aliphatic hydroxyl groups is 1. The second kappa shape index (κ2) is 14.7. The first-order valence-electron chi connectivity index (χ1n) is 10.6. The first-order chi connectivity index (χ1) is 14.4. The second-order valence-electron chi connectivity index (χ2n) is 8.39. The molecular weight excluding hydrogens is 406 g/mol. The van der Waals surface area contributed by atoms with Crippen molar-refractivity contribution in [1.82, 2.24) is 16.0 Å². The van der Waals surface area contributed by atoms with Crippen LogP contribution < -0.4 is 27.4 Å². The highest BCUT2D eigenvalue weighted by Gasteiger charge is 2.30. The monoisotopic (exact) mass is 445 g/mol. The fraction of sp³-hybridized carbons (Fsp3) is 0.800. The smallest absolute Gasteiger partial charge is 0.326 e. The lowest BCUT2D eigenvalue weighted by molar-refractivity contribution is -0.142. The van der Waals surface area contributed by atoms with Crippen molar-refractivity contribution in [2.24, 2.45) is 23.3 Å². The van der Waals surface area contributed by atoms with Gasteiger partial charge in [0.2, 0.25) is 17.7 Å². The zero-order valence-electron chi connectivity index (χ0n) is 18.9. The molecule has 0 saturated heterocycles. The van der Waals surface area contributed by atoms with Crippen molar-refractivity contribution >= 4 is 23.7 Å². The summed E-state index contributed by atoms with van der Waals surface area (Å²) >= 11 is 0. The molecule has 11 nitrogen and oxygen atoms in total. The number of carboxylic acid groups (broad SMARTS) is 1. The lowest BCUT2D eigenvalue weighted by Gasteiger charge is -2.26. The van der Waals surface area contributed by atoms with Crippen molar-refractivity contribution in [3.8, 4) is 0 Å². The van der Waals surface area contributed by atoms with Gasteiger partial charge in [0, 0.05) is 0 Å². The lowest BCUT2D eigenvalue weighted by Crippen LogP contribution is -2.58. The number of unbranched alkanes of at least 4 members (excludes halogenated alkanes) is 1. The van der Waals surface area contributed by atoms with Crippen molar-refractivity contribution in [1.29, 1.82) is 0 Å². The lowest BCUT2D eigenvalue weighted by atomic mass is 10.00. The summed E-state index contributed by atoms with van der Waals surface area (Å²) in [7, 11) is 0. The average molecular weight is 446 g/mol. The molecule has 0 aromatic carbocycles. The van der Waals surface area contributed by atoms with E-state index in [1.54, 1.807) is 13.8 Å². The predicted octanol–water partition coefficient (Wildman–Crippen LogP) is -1.32. The quantitative estimate of drug-likeness (QED) is 0.150. The average Bonchev–Trinajstić information content (AvgIpc) is 2.69. The highest BCUT2D eigenvalue weighted by Crippen LogP contribution is 2.08. The minimum absolute atomic E-state index is 0.0478. The predicted molar refractivity (Wildman–Crippen MR) is 116 cm³/mol. The van der Waals surface area contributed by atoms with Gasteiger partial charge < -0.3 is 37.6 Å². The Labute approximate surface area is 183 Å². The maximum atomic E-state index is 12.7. The van der Waals surface area contributed by atoms with Gasteiger partial charge in [-0.1, -0.05) is 27.7 Å². The topological polar surface area (TPSA) is 197 Å². The van der Waals surface area contributed by atoms with E-state index in [4.69, 9.17) is 11.5 Å². The highest BCUT2D eigenvalue weighted by molar-refractivity contribution is 5.94. The maximum Gasteiger partial charge on any atom is 0.326 e. The molecule has 0 aliphatic carbocycles. The van der Waals surface area contributed by atoms with Gasteiger partial charge in [0.15, 0.2) is 0 Å². The van der Waals surface area contributed by atoms with Crippen LogP contribution in [0.1, 0.15) is 53.4 Å². The molecule has 0 saturated carbocycles. The van der Waals surface area contributed by atoms with Crippen LogP contribution in [0.15, 0.2) is 0 Å². The van der Waals surface area contributed by atoms with Crippen molar-refractivity contribution < 1.29 is 29.4 Å². The molecule has 9 N–H and O–H groups in total. The molecule has 180 valence electrons. The molecule has 3 amide bonds. The minimum Gasteiger partial charge on any atom is -0.480 e. The Balaban J connectivity index is 5.18. The number of aliphatic hydroxyl groups excluding tert-OH is 1. The number of nitrogens with two attached hydrogens (primary N) is 2. The van der Waals surface area contributed by atoms with Crippen LogP contribution in [0.4, 0.5) is 0 Å². The third kappa shape index (κ3) is 11.1. The van der Waals surface area contributed by atoms with E-state index in [1.807, 2.05) is 13.8 Å². The van der Waals surface area contributed by atoms with Crippen LogP contribution in [0.25, 0.3) is 0 Å². The number of amides is 3. The Hall–Kier alpha value is -2.24. The summed E-state index contributed by atoms with van der Waals surface area (Å²) in [6.45, 7) is 6.95. The van der Waals surface area contributed by atoms with Gasteiger partial charge in [0.1, 0.15) is 18.1 Å². The maximum absolute atomic E-state index is 12.7. The van der Waals surface area contributed by atoms with Gasteiger partial charge in [-0.05, 0) is 44.1 Å². The zero-order chi connectivity index (χ0) is 24.1. The number of hydrogen-bond donors (Lipinski definition) is 7.